The van der Waals surface area contributed by atoms with Gasteiger partial charge < -0.3 is 10.6 Å². The first-order chi connectivity index (χ1) is 12.3. The monoisotopic (exact) mass is 439 g/mol. The van der Waals surface area contributed by atoms with Crippen LogP contribution >= 0.6 is 27.5 Å². The molecule has 0 aromatic heterocycles. The predicted octanol–water partition coefficient (Wildman–Crippen LogP) is 4.94. The van der Waals surface area contributed by atoms with E-state index in [4.69, 9.17) is 11.6 Å². The summed E-state index contributed by atoms with van der Waals surface area (Å²) in [5.74, 6) is 0.0363. The maximum absolute atomic E-state index is 12.2. The van der Waals surface area contributed by atoms with Crippen LogP contribution in [-0.2, 0) is 4.79 Å². The largest absolute Gasteiger partial charge is 0.324 e. The second-order valence-corrected chi connectivity index (χ2v) is 7.41. The van der Waals surface area contributed by atoms with Crippen LogP contribution in [0.2, 0.25) is 5.02 Å². The van der Waals surface area contributed by atoms with Crippen molar-refractivity contribution in [1.29, 1.82) is 0 Å². The van der Waals surface area contributed by atoms with Crippen molar-refractivity contribution in [1.82, 2.24) is 5.32 Å². The van der Waals surface area contributed by atoms with Gasteiger partial charge in [-0.25, -0.2) is 0 Å². The molecule has 0 aliphatic rings. The van der Waals surface area contributed by atoms with Crippen LogP contribution in [0.15, 0.2) is 46.9 Å². The van der Waals surface area contributed by atoms with Crippen LogP contribution < -0.4 is 10.6 Å². The van der Waals surface area contributed by atoms with Gasteiger partial charge in [0, 0.05) is 27.7 Å². The third-order valence-electron chi connectivity index (χ3n) is 3.82. The number of hydrogen-bond acceptors (Lipinski definition) is 4. The van der Waals surface area contributed by atoms with Crippen LogP contribution in [0.3, 0.4) is 0 Å². The molecule has 2 aromatic carbocycles. The summed E-state index contributed by atoms with van der Waals surface area (Å²) in [6, 6.07) is 11.7. The number of nitrogens with one attached hydrogen (secondary N) is 2. The quantitative estimate of drug-likeness (QED) is 0.472. The maximum Gasteiger partial charge on any atom is 0.270 e. The average molecular weight is 441 g/mol. The third kappa shape index (κ3) is 5.52. The Morgan fingerprint density at radius 1 is 1.23 bits per heavy atom. The lowest BCUT2D eigenvalue weighted by Crippen LogP contribution is -2.33. The van der Waals surface area contributed by atoms with Gasteiger partial charge in [0.25, 0.3) is 5.69 Å². The summed E-state index contributed by atoms with van der Waals surface area (Å²) in [6.07, 6.45) is 0. The Bertz CT molecular complexity index is 797. The van der Waals surface area contributed by atoms with Crippen LogP contribution in [0, 0.1) is 16.0 Å². The zero-order chi connectivity index (χ0) is 19.3. The molecule has 8 heteroatoms. The van der Waals surface area contributed by atoms with E-state index < -0.39 is 4.92 Å². The van der Waals surface area contributed by atoms with Gasteiger partial charge in [0.05, 0.1) is 17.2 Å². The highest BCUT2D eigenvalue weighted by molar-refractivity contribution is 9.10. The molecule has 0 heterocycles. The van der Waals surface area contributed by atoms with Crippen molar-refractivity contribution in [2.45, 2.75) is 19.9 Å². The Morgan fingerprint density at radius 2 is 1.88 bits per heavy atom. The van der Waals surface area contributed by atoms with E-state index in [0.717, 1.165) is 5.56 Å². The summed E-state index contributed by atoms with van der Waals surface area (Å²) in [4.78, 5) is 22.5. The zero-order valence-corrected chi connectivity index (χ0v) is 16.7. The molecule has 1 atom stereocenters. The Labute approximate surface area is 165 Å². The van der Waals surface area contributed by atoms with Gasteiger partial charge in [0.2, 0.25) is 5.91 Å². The minimum atomic E-state index is -0.489. The third-order valence-corrected chi connectivity index (χ3v) is 4.72. The van der Waals surface area contributed by atoms with E-state index in [1.54, 1.807) is 0 Å². The fraction of sp³-hybridized carbons (Fsp3) is 0.278. The second-order valence-electron chi connectivity index (χ2n) is 6.12. The fourth-order valence-electron chi connectivity index (χ4n) is 2.52. The van der Waals surface area contributed by atoms with Crippen molar-refractivity contribution >= 4 is 44.8 Å². The van der Waals surface area contributed by atoms with Crippen LogP contribution in [0.25, 0.3) is 0 Å². The Hall–Kier alpha value is -1.96. The lowest BCUT2D eigenvalue weighted by atomic mass is 9.96. The molecule has 0 saturated carbocycles. The molecule has 0 radical (unpaired) electrons. The molecule has 1 amide bonds. The molecule has 0 bridgehead atoms. The first kappa shape index (κ1) is 20.4. The second kappa shape index (κ2) is 9.12. The number of amides is 1. The number of benzene rings is 2. The topological polar surface area (TPSA) is 84.3 Å². The van der Waals surface area contributed by atoms with E-state index in [-0.39, 0.29) is 30.1 Å². The van der Waals surface area contributed by atoms with Crippen LogP contribution in [-0.4, -0.2) is 17.4 Å². The van der Waals surface area contributed by atoms with Gasteiger partial charge in [-0.1, -0.05) is 37.6 Å². The van der Waals surface area contributed by atoms with Crippen molar-refractivity contribution in [2.75, 3.05) is 11.9 Å². The molecule has 2 N–H and O–H groups in total. The van der Waals surface area contributed by atoms with E-state index in [0.29, 0.717) is 15.2 Å². The highest BCUT2D eigenvalue weighted by atomic mass is 79.9. The summed E-state index contributed by atoms with van der Waals surface area (Å²) >= 11 is 9.17. The minimum absolute atomic E-state index is 0.00156. The van der Waals surface area contributed by atoms with Crippen LogP contribution in [0.1, 0.15) is 25.5 Å². The average Bonchev–Trinajstić information content (AvgIpc) is 2.58. The van der Waals surface area contributed by atoms with Gasteiger partial charge in [-0.2, -0.15) is 0 Å². The SMILES string of the molecule is CC(C)C(NCC(=O)Nc1ccc([N+](=O)[O-])cc1Br)c1ccc(Cl)cc1. The van der Waals surface area contributed by atoms with E-state index in [1.165, 1.54) is 18.2 Å². The van der Waals surface area contributed by atoms with E-state index >= 15 is 0 Å². The first-order valence-electron chi connectivity index (χ1n) is 8.00. The van der Waals surface area contributed by atoms with Crippen LogP contribution in [0.5, 0.6) is 0 Å². The van der Waals surface area contributed by atoms with Crippen molar-refractivity contribution < 1.29 is 9.72 Å². The number of carbonyl (C=O) groups excluding carboxylic acids is 1. The Balaban J connectivity index is 2.00. The number of nitrogens with zero attached hydrogens (tertiary/aromatic N) is 1. The molecule has 0 saturated heterocycles. The molecular formula is C18H19BrClN3O3. The molecule has 1 unspecified atom stereocenters. The molecule has 0 aliphatic heterocycles. The smallest absolute Gasteiger partial charge is 0.270 e. The molecular weight excluding hydrogens is 422 g/mol. The number of non-ortho nitro benzene ring substituents is 1. The number of halogens is 2. The van der Waals surface area contributed by atoms with E-state index in [2.05, 4.69) is 40.4 Å². The van der Waals surface area contributed by atoms with Crippen LogP contribution in [0.4, 0.5) is 11.4 Å². The number of nitro benzene ring substituents is 1. The van der Waals surface area contributed by atoms with Crippen molar-refractivity contribution in [3.63, 3.8) is 0 Å². The summed E-state index contributed by atoms with van der Waals surface area (Å²) in [5.41, 5.74) is 1.49. The van der Waals surface area contributed by atoms with Gasteiger partial charge in [-0.3, -0.25) is 14.9 Å². The van der Waals surface area contributed by atoms with E-state index in [9.17, 15) is 14.9 Å². The van der Waals surface area contributed by atoms with E-state index in [1.807, 2.05) is 24.3 Å². The van der Waals surface area contributed by atoms with Gasteiger partial charge in [0.15, 0.2) is 0 Å². The normalized spacial score (nSPS) is 12.0. The number of carbonyl (C=O) groups is 1. The highest BCUT2D eigenvalue weighted by Crippen LogP contribution is 2.27. The number of rotatable bonds is 7. The lowest BCUT2D eigenvalue weighted by Gasteiger charge is -2.23. The van der Waals surface area contributed by atoms with Gasteiger partial charge >= 0.3 is 0 Å². The minimum Gasteiger partial charge on any atom is -0.324 e. The summed E-state index contributed by atoms with van der Waals surface area (Å²) < 4.78 is 0.457. The highest BCUT2D eigenvalue weighted by Gasteiger charge is 2.17. The molecule has 2 rings (SSSR count). The van der Waals surface area contributed by atoms with Gasteiger partial charge in [-0.15, -0.1) is 0 Å². The van der Waals surface area contributed by atoms with Crippen molar-refractivity contribution in [2.24, 2.45) is 5.92 Å². The van der Waals surface area contributed by atoms with Gasteiger partial charge in [0.1, 0.15) is 0 Å². The molecule has 138 valence electrons. The first-order valence-corrected chi connectivity index (χ1v) is 9.17. The summed E-state index contributed by atoms with van der Waals surface area (Å²) in [7, 11) is 0. The molecule has 0 aliphatic carbocycles. The van der Waals surface area contributed by atoms with Gasteiger partial charge in [-0.05, 0) is 45.6 Å². The molecule has 6 nitrogen and oxygen atoms in total. The Morgan fingerprint density at radius 3 is 2.42 bits per heavy atom. The molecule has 0 fully saturated rings. The summed E-state index contributed by atoms with van der Waals surface area (Å²) in [6.45, 7) is 4.24. The summed E-state index contributed by atoms with van der Waals surface area (Å²) in [5, 5.41) is 17.4. The molecule has 26 heavy (non-hydrogen) atoms. The predicted molar refractivity (Wildman–Crippen MR) is 106 cm³/mol. The maximum atomic E-state index is 12.2. The Kier molecular flexibility index (Phi) is 7.14. The van der Waals surface area contributed by atoms with Crippen molar-refractivity contribution in [3.05, 3.63) is 67.6 Å². The lowest BCUT2D eigenvalue weighted by molar-refractivity contribution is -0.384. The number of anilines is 1. The molecule has 0 spiro atoms. The number of hydrogen-bond donors (Lipinski definition) is 2. The standard InChI is InChI=1S/C18H19BrClN3O3/c1-11(2)18(12-3-5-13(20)6-4-12)21-10-17(24)22-16-8-7-14(23(25)26)9-15(16)19/h3-9,11,18,21H,10H2,1-2H3,(H,22,24). The molecule has 2 aromatic rings. The fourth-order valence-corrected chi connectivity index (χ4v) is 3.12. The van der Waals surface area contributed by atoms with Crippen molar-refractivity contribution in [3.8, 4) is 0 Å². The number of nitro groups is 1. The zero-order valence-electron chi connectivity index (χ0n) is 14.3.